The largest absolute Gasteiger partial charge is 0.481 e. The van der Waals surface area contributed by atoms with Crippen LogP contribution < -0.4 is 10.1 Å². The number of alkyl carbamates (subject to hydrolysis) is 1. The smallest absolute Gasteiger partial charge is 0.407 e. The second-order valence-electron chi connectivity index (χ2n) is 4.67. The molecule has 0 bridgehead atoms. The lowest BCUT2D eigenvalue weighted by Gasteiger charge is -2.19. The Labute approximate surface area is 105 Å². The first kappa shape index (κ1) is 14.2. The predicted molar refractivity (Wildman–Crippen MR) is 63.8 cm³/mol. The van der Waals surface area contributed by atoms with E-state index in [0.717, 1.165) is 6.20 Å². The number of rotatable bonds is 3. The minimum absolute atomic E-state index is 0.0135. The third-order valence-corrected chi connectivity index (χ3v) is 1.94. The van der Waals surface area contributed by atoms with Crippen LogP contribution in [0.15, 0.2) is 12.3 Å². The van der Waals surface area contributed by atoms with E-state index in [4.69, 9.17) is 9.47 Å². The number of methoxy groups -OCH3 is 1. The van der Waals surface area contributed by atoms with Gasteiger partial charge in [-0.25, -0.2) is 14.2 Å². The number of pyridine rings is 1. The van der Waals surface area contributed by atoms with Gasteiger partial charge >= 0.3 is 6.09 Å². The van der Waals surface area contributed by atoms with Gasteiger partial charge in [-0.05, 0) is 20.8 Å². The maximum Gasteiger partial charge on any atom is 0.407 e. The summed E-state index contributed by atoms with van der Waals surface area (Å²) in [5.74, 6) is -0.218. The summed E-state index contributed by atoms with van der Waals surface area (Å²) in [5, 5.41) is 2.46. The Balaban J connectivity index is 2.60. The maximum atomic E-state index is 13.4. The van der Waals surface area contributed by atoms with E-state index in [1.807, 2.05) is 0 Å². The summed E-state index contributed by atoms with van der Waals surface area (Å²) >= 11 is 0. The van der Waals surface area contributed by atoms with E-state index in [1.54, 1.807) is 20.8 Å². The number of aromatic nitrogens is 1. The first-order valence-corrected chi connectivity index (χ1v) is 5.47. The molecule has 1 rings (SSSR count). The zero-order chi connectivity index (χ0) is 13.8. The molecule has 0 fully saturated rings. The van der Waals surface area contributed by atoms with Crippen LogP contribution in [0.2, 0.25) is 0 Å². The first-order valence-electron chi connectivity index (χ1n) is 5.47. The van der Waals surface area contributed by atoms with E-state index in [0.29, 0.717) is 0 Å². The van der Waals surface area contributed by atoms with E-state index >= 15 is 0 Å². The first-order chi connectivity index (χ1) is 8.31. The van der Waals surface area contributed by atoms with Crippen molar-refractivity contribution in [3.8, 4) is 5.88 Å². The van der Waals surface area contributed by atoms with Gasteiger partial charge in [0, 0.05) is 18.2 Å². The van der Waals surface area contributed by atoms with E-state index in [-0.39, 0.29) is 18.0 Å². The molecule has 0 saturated carbocycles. The standard InChI is InChI=1S/C12H17FN2O3/c1-12(2,3)18-11(16)15-6-8-5-10(17-4)14-7-9(8)13/h5,7H,6H2,1-4H3,(H,15,16). The van der Waals surface area contributed by atoms with Crippen molar-refractivity contribution in [2.45, 2.75) is 32.9 Å². The van der Waals surface area contributed by atoms with Crippen LogP contribution in [0.25, 0.3) is 0 Å². The number of hydrogen-bond donors (Lipinski definition) is 1. The highest BCUT2D eigenvalue weighted by atomic mass is 19.1. The molecule has 0 saturated heterocycles. The molecule has 0 aliphatic rings. The van der Waals surface area contributed by atoms with Crippen molar-refractivity contribution in [2.75, 3.05) is 7.11 Å². The van der Waals surface area contributed by atoms with Crippen LogP contribution in [0.5, 0.6) is 5.88 Å². The lowest BCUT2D eigenvalue weighted by molar-refractivity contribution is 0.0523. The van der Waals surface area contributed by atoms with Gasteiger partial charge in [0.1, 0.15) is 11.4 Å². The molecule has 1 aromatic rings. The quantitative estimate of drug-likeness (QED) is 0.901. The van der Waals surface area contributed by atoms with Gasteiger partial charge in [-0.1, -0.05) is 0 Å². The van der Waals surface area contributed by atoms with Crippen molar-refractivity contribution in [1.29, 1.82) is 0 Å². The van der Waals surface area contributed by atoms with Crippen molar-refractivity contribution >= 4 is 6.09 Å². The molecular formula is C12H17FN2O3. The fraction of sp³-hybridized carbons (Fsp3) is 0.500. The lowest BCUT2D eigenvalue weighted by atomic mass is 10.2. The molecule has 5 nitrogen and oxygen atoms in total. The Morgan fingerprint density at radius 1 is 1.50 bits per heavy atom. The van der Waals surface area contributed by atoms with Crippen LogP contribution in [0.4, 0.5) is 9.18 Å². The van der Waals surface area contributed by atoms with Gasteiger partial charge in [0.15, 0.2) is 0 Å². The second-order valence-corrected chi connectivity index (χ2v) is 4.67. The Kier molecular flexibility index (Phi) is 4.47. The summed E-state index contributed by atoms with van der Waals surface area (Å²) in [6, 6.07) is 1.42. The molecule has 1 aromatic heterocycles. The van der Waals surface area contributed by atoms with Crippen LogP contribution in [0.1, 0.15) is 26.3 Å². The van der Waals surface area contributed by atoms with Crippen molar-refractivity contribution in [3.63, 3.8) is 0 Å². The number of amides is 1. The molecule has 0 unspecified atom stereocenters. The maximum absolute atomic E-state index is 13.4. The van der Waals surface area contributed by atoms with Crippen LogP contribution in [0, 0.1) is 5.82 Å². The van der Waals surface area contributed by atoms with Crippen molar-refractivity contribution in [2.24, 2.45) is 0 Å². The molecule has 0 atom stereocenters. The molecule has 1 N–H and O–H groups in total. The normalized spacial score (nSPS) is 10.9. The van der Waals surface area contributed by atoms with Gasteiger partial charge in [0.25, 0.3) is 0 Å². The van der Waals surface area contributed by atoms with Gasteiger partial charge < -0.3 is 14.8 Å². The summed E-state index contributed by atoms with van der Waals surface area (Å²) in [6.07, 6.45) is 0.447. The van der Waals surface area contributed by atoms with Crippen LogP contribution in [0.3, 0.4) is 0 Å². The van der Waals surface area contributed by atoms with E-state index in [2.05, 4.69) is 10.3 Å². The second kappa shape index (κ2) is 5.66. The van der Waals surface area contributed by atoms with Gasteiger partial charge in [0.05, 0.1) is 13.3 Å². The number of ether oxygens (including phenoxy) is 2. The van der Waals surface area contributed by atoms with E-state index in [1.165, 1.54) is 13.2 Å². The highest BCUT2D eigenvalue weighted by Crippen LogP contribution is 2.13. The topological polar surface area (TPSA) is 60.5 Å². The summed E-state index contributed by atoms with van der Waals surface area (Å²) in [6.45, 7) is 5.27. The highest BCUT2D eigenvalue weighted by molar-refractivity contribution is 5.67. The molecule has 0 spiro atoms. The lowest BCUT2D eigenvalue weighted by Crippen LogP contribution is -2.32. The van der Waals surface area contributed by atoms with Gasteiger partial charge in [-0.3, -0.25) is 0 Å². The number of nitrogens with one attached hydrogen (secondary N) is 1. The van der Waals surface area contributed by atoms with Crippen molar-refractivity contribution in [1.82, 2.24) is 10.3 Å². The van der Waals surface area contributed by atoms with Crippen molar-refractivity contribution < 1.29 is 18.7 Å². The Hall–Kier alpha value is -1.85. The van der Waals surface area contributed by atoms with Crippen LogP contribution in [-0.2, 0) is 11.3 Å². The predicted octanol–water partition coefficient (Wildman–Crippen LogP) is 2.25. The zero-order valence-electron chi connectivity index (χ0n) is 10.9. The SMILES string of the molecule is COc1cc(CNC(=O)OC(C)(C)C)c(F)cn1. The Bertz CT molecular complexity index is 430. The number of halogens is 1. The molecule has 6 heteroatoms. The summed E-state index contributed by atoms with van der Waals surface area (Å²) in [7, 11) is 1.44. The molecule has 18 heavy (non-hydrogen) atoms. The third-order valence-electron chi connectivity index (χ3n) is 1.94. The summed E-state index contributed by atoms with van der Waals surface area (Å²) in [5.41, 5.74) is -0.300. The average Bonchev–Trinajstić information content (AvgIpc) is 2.25. The molecule has 0 aliphatic carbocycles. The average molecular weight is 256 g/mol. The highest BCUT2D eigenvalue weighted by Gasteiger charge is 2.16. The van der Waals surface area contributed by atoms with E-state index in [9.17, 15) is 9.18 Å². The van der Waals surface area contributed by atoms with Gasteiger partial charge in [-0.15, -0.1) is 0 Å². The van der Waals surface area contributed by atoms with Crippen LogP contribution >= 0.6 is 0 Å². The molecule has 0 aromatic carbocycles. The Morgan fingerprint density at radius 3 is 2.72 bits per heavy atom. The Morgan fingerprint density at radius 2 is 2.17 bits per heavy atom. The molecule has 0 radical (unpaired) electrons. The molecule has 100 valence electrons. The summed E-state index contributed by atoms with van der Waals surface area (Å²) in [4.78, 5) is 15.1. The summed E-state index contributed by atoms with van der Waals surface area (Å²) < 4.78 is 23.3. The minimum Gasteiger partial charge on any atom is -0.481 e. The number of nitrogens with zero attached hydrogens (tertiary/aromatic N) is 1. The fourth-order valence-electron chi connectivity index (χ4n) is 1.19. The number of carbonyl (C=O) groups excluding carboxylic acids is 1. The molecule has 0 aliphatic heterocycles. The number of carbonyl (C=O) groups is 1. The van der Waals surface area contributed by atoms with Crippen LogP contribution in [-0.4, -0.2) is 23.8 Å². The van der Waals surface area contributed by atoms with Gasteiger partial charge in [0.2, 0.25) is 5.88 Å². The number of hydrogen-bond acceptors (Lipinski definition) is 4. The zero-order valence-corrected chi connectivity index (χ0v) is 10.9. The van der Waals surface area contributed by atoms with Gasteiger partial charge in [-0.2, -0.15) is 0 Å². The minimum atomic E-state index is -0.599. The third kappa shape index (κ3) is 4.57. The van der Waals surface area contributed by atoms with E-state index < -0.39 is 17.5 Å². The molecule has 1 amide bonds. The fourth-order valence-corrected chi connectivity index (χ4v) is 1.19. The molecular weight excluding hydrogens is 239 g/mol. The molecule has 1 heterocycles. The monoisotopic (exact) mass is 256 g/mol. The van der Waals surface area contributed by atoms with Crippen molar-refractivity contribution in [3.05, 3.63) is 23.6 Å².